The molecule has 0 saturated heterocycles. The molecule has 2 aromatic heterocycles. The predicted octanol–water partition coefficient (Wildman–Crippen LogP) is 5.20. The zero-order chi connectivity index (χ0) is 20.2. The van der Waals surface area contributed by atoms with E-state index in [1.165, 1.54) is 23.9 Å². The van der Waals surface area contributed by atoms with E-state index in [1.54, 1.807) is 6.21 Å². The first-order valence-corrected chi connectivity index (χ1v) is 9.61. The van der Waals surface area contributed by atoms with Crippen LogP contribution in [0.1, 0.15) is 11.1 Å². The highest BCUT2D eigenvalue weighted by Gasteiger charge is 2.08. The molecule has 2 heterocycles. The third-order valence-corrected chi connectivity index (χ3v) is 4.96. The van der Waals surface area contributed by atoms with Gasteiger partial charge in [-0.15, -0.1) is 0 Å². The molecule has 0 unspecified atom stereocenters. The van der Waals surface area contributed by atoms with Crippen LogP contribution in [0.4, 0.5) is 11.5 Å². The van der Waals surface area contributed by atoms with Crippen molar-refractivity contribution in [3.05, 3.63) is 98.8 Å². The maximum absolute atomic E-state index is 10.7. The number of rotatable bonds is 6. The van der Waals surface area contributed by atoms with Crippen molar-refractivity contribution in [3.8, 4) is 0 Å². The van der Waals surface area contributed by atoms with Crippen LogP contribution < -0.4 is 5.43 Å². The Labute approximate surface area is 175 Å². The molecule has 2 aromatic carbocycles. The highest BCUT2D eigenvalue weighted by atomic mass is 79.9. The van der Waals surface area contributed by atoms with Crippen molar-refractivity contribution in [2.24, 2.45) is 5.10 Å². The predicted molar refractivity (Wildman–Crippen MR) is 117 cm³/mol. The van der Waals surface area contributed by atoms with Gasteiger partial charge in [0.25, 0.3) is 5.69 Å². The molecule has 8 heteroatoms. The first-order chi connectivity index (χ1) is 14.1. The molecule has 0 fully saturated rings. The Balaban J connectivity index is 1.56. The molecule has 1 N–H and O–H groups in total. The Morgan fingerprint density at radius 1 is 1.14 bits per heavy atom. The van der Waals surface area contributed by atoms with E-state index in [1.807, 2.05) is 24.3 Å². The quantitative estimate of drug-likeness (QED) is 0.249. The maximum atomic E-state index is 10.7. The normalized spacial score (nSPS) is 11.2. The molecule has 0 radical (unpaired) electrons. The molecule has 0 aliphatic heterocycles. The number of halogens is 1. The number of pyridine rings is 1. The fourth-order valence-electron chi connectivity index (χ4n) is 3.02. The smallest absolute Gasteiger partial charge is 0.287 e. The van der Waals surface area contributed by atoms with E-state index >= 15 is 0 Å². The molecular formula is C21H16BrN5O2. The van der Waals surface area contributed by atoms with Crippen LogP contribution in [0.3, 0.4) is 0 Å². The maximum Gasteiger partial charge on any atom is 0.287 e. The molecule has 0 aliphatic rings. The van der Waals surface area contributed by atoms with Gasteiger partial charge in [0.05, 0.1) is 11.1 Å². The molecule has 144 valence electrons. The van der Waals surface area contributed by atoms with Gasteiger partial charge in [-0.05, 0) is 29.8 Å². The van der Waals surface area contributed by atoms with E-state index in [2.05, 4.69) is 66.5 Å². The number of fused-ring (bicyclic) bond motifs is 1. The lowest BCUT2D eigenvalue weighted by Crippen LogP contribution is -1.97. The Morgan fingerprint density at radius 2 is 1.93 bits per heavy atom. The van der Waals surface area contributed by atoms with E-state index in [9.17, 15) is 10.1 Å². The summed E-state index contributed by atoms with van der Waals surface area (Å²) in [5.74, 6) is 0.436. The first kappa shape index (κ1) is 18.8. The molecule has 0 saturated carbocycles. The van der Waals surface area contributed by atoms with Crippen LogP contribution in [-0.4, -0.2) is 20.7 Å². The third kappa shape index (κ3) is 4.33. The fourth-order valence-corrected chi connectivity index (χ4v) is 3.29. The number of aromatic nitrogens is 2. The summed E-state index contributed by atoms with van der Waals surface area (Å²) in [6.45, 7) is 0.749. The summed E-state index contributed by atoms with van der Waals surface area (Å²) in [6, 6.07) is 19.3. The van der Waals surface area contributed by atoms with Gasteiger partial charge in [0.2, 0.25) is 0 Å². The minimum absolute atomic E-state index is 0.0597. The number of para-hydroxylation sites is 1. The zero-order valence-electron chi connectivity index (χ0n) is 15.2. The van der Waals surface area contributed by atoms with Gasteiger partial charge in [-0.3, -0.25) is 15.5 Å². The molecule has 4 aromatic rings. The SMILES string of the molecule is O=[N+]([O-])c1ccc(NN=Cc2cn(Cc3ccc(Br)cc3)c3ccccc23)nc1. The summed E-state index contributed by atoms with van der Waals surface area (Å²) >= 11 is 3.46. The van der Waals surface area contributed by atoms with Crippen LogP contribution in [0.2, 0.25) is 0 Å². The van der Waals surface area contributed by atoms with Crippen LogP contribution in [0.25, 0.3) is 10.9 Å². The fraction of sp³-hybridized carbons (Fsp3) is 0.0476. The van der Waals surface area contributed by atoms with E-state index < -0.39 is 4.92 Å². The molecule has 29 heavy (non-hydrogen) atoms. The molecule has 0 aliphatic carbocycles. The van der Waals surface area contributed by atoms with Crippen molar-refractivity contribution in [2.75, 3.05) is 5.43 Å². The van der Waals surface area contributed by atoms with Crippen molar-refractivity contribution in [2.45, 2.75) is 6.54 Å². The summed E-state index contributed by atoms with van der Waals surface area (Å²) in [6.07, 6.45) is 4.98. The Hall–Kier alpha value is -3.52. The van der Waals surface area contributed by atoms with Gasteiger partial charge in [-0.2, -0.15) is 5.10 Å². The highest BCUT2D eigenvalue weighted by Crippen LogP contribution is 2.22. The number of nitrogens with one attached hydrogen (secondary N) is 1. The van der Waals surface area contributed by atoms with Crippen LogP contribution in [0.15, 0.2) is 82.6 Å². The summed E-state index contributed by atoms with van der Waals surface area (Å²) < 4.78 is 3.24. The summed E-state index contributed by atoms with van der Waals surface area (Å²) in [7, 11) is 0. The van der Waals surface area contributed by atoms with Crippen LogP contribution in [-0.2, 0) is 6.54 Å². The van der Waals surface area contributed by atoms with Crippen LogP contribution >= 0.6 is 15.9 Å². The van der Waals surface area contributed by atoms with Crippen molar-refractivity contribution in [3.63, 3.8) is 0 Å². The minimum atomic E-state index is -0.486. The van der Waals surface area contributed by atoms with Gasteiger partial charge < -0.3 is 4.57 Å². The monoisotopic (exact) mass is 449 g/mol. The van der Waals surface area contributed by atoms with Crippen molar-refractivity contribution >= 4 is 44.6 Å². The molecule has 0 atom stereocenters. The standard InChI is InChI=1S/C21H16BrN5O2/c22-17-7-5-15(6-8-17)13-26-14-16(19-3-1-2-4-20(19)26)11-24-25-21-10-9-18(12-23-21)27(28)29/h1-12,14H,13H2,(H,23,25). The van der Waals surface area contributed by atoms with Crippen molar-refractivity contribution in [1.82, 2.24) is 9.55 Å². The number of hydrogen-bond acceptors (Lipinski definition) is 5. The van der Waals surface area contributed by atoms with Gasteiger partial charge >= 0.3 is 0 Å². The second kappa shape index (κ2) is 8.24. The van der Waals surface area contributed by atoms with E-state index in [0.717, 1.165) is 27.5 Å². The topological polar surface area (TPSA) is 85.4 Å². The number of hydrogen-bond donors (Lipinski definition) is 1. The number of nitrogens with zero attached hydrogens (tertiary/aromatic N) is 4. The third-order valence-electron chi connectivity index (χ3n) is 4.43. The molecule has 0 amide bonds. The van der Waals surface area contributed by atoms with E-state index in [4.69, 9.17) is 0 Å². The van der Waals surface area contributed by atoms with Gasteiger partial charge in [-0.1, -0.05) is 46.3 Å². The van der Waals surface area contributed by atoms with Crippen LogP contribution in [0, 0.1) is 10.1 Å². The lowest BCUT2D eigenvalue weighted by molar-refractivity contribution is -0.385. The highest BCUT2D eigenvalue weighted by molar-refractivity contribution is 9.10. The first-order valence-electron chi connectivity index (χ1n) is 8.82. The second-order valence-electron chi connectivity index (χ2n) is 6.38. The van der Waals surface area contributed by atoms with Crippen molar-refractivity contribution in [1.29, 1.82) is 0 Å². The number of benzene rings is 2. The van der Waals surface area contributed by atoms with E-state index in [-0.39, 0.29) is 5.69 Å². The molecule has 0 spiro atoms. The average molecular weight is 450 g/mol. The van der Waals surface area contributed by atoms with Gasteiger partial charge in [0, 0.05) is 39.7 Å². The summed E-state index contributed by atoms with van der Waals surface area (Å²) in [5, 5.41) is 16.0. The zero-order valence-corrected chi connectivity index (χ0v) is 16.8. The minimum Gasteiger partial charge on any atom is -0.342 e. The van der Waals surface area contributed by atoms with Gasteiger partial charge in [0.15, 0.2) is 0 Å². The summed E-state index contributed by atoms with van der Waals surface area (Å²) in [5.41, 5.74) is 6.03. The number of anilines is 1. The molecular weight excluding hydrogens is 434 g/mol. The van der Waals surface area contributed by atoms with Gasteiger partial charge in [-0.25, -0.2) is 4.98 Å². The molecule has 7 nitrogen and oxygen atoms in total. The van der Waals surface area contributed by atoms with Gasteiger partial charge in [0.1, 0.15) is 12.0 Å². The van der Waals surface area contributed by atoms with Crippen molar-refractivity contribution < 1.29 is 4.92 Å². The Morgan fingerprint density at radius 3 is 2.66 bits per heavy atom. The van der Waals surface area contributed by atoms with Crippen LogP contribution in [0.5, 0.6) is 0 Å². The molecule has 0 bridgehead atoms. The lowest BCUT2D eigenvalue weighted by atomic mass is 10.2. The van der Waals surface area contributed by atoms with E-state index in [0.29, 0.717) is 5.82 Å². The second-order valence-corrected chi connectivity index (χ2v) is 7.30. The Kier molecular flexibility index (Phi) is 5.35. The average Bonchev–Trinajstić information content (AvgIpc) is 3.08. The Bertz CT molecular complexity index is 1180. The summed E-state index contributed by atoms with van der Waals surface area (Å²) in [4.78, 5) is 14.2. The lowest BCUT2D eigenvalue weighted by Gasteiger charge is -2.05. The largest absolute Gasteiger partial charge is 0.342 e. The molecule has 4 rings (SSSR count). The number of hydrazone groups is 1. The number of nitro groups is 1.